The van der Waals surface area contributed by atoms with Gasteiger partial charge in [0.25, 0.3) is 0 Å². The van der Waals surface area contributed by atoms with Crippen LogP contribution in [0.4, 0.5) is 39.7 Å². The van der Waals surface area contributed by atoms with Gasteiger partial charge >= 0.3 is 12.2 Å². The summed E-state index contributed by atoms with van der Waals surface area (Å²) in [7, 11) is 0. The van der Waals surface area contributed by atoms with Gasteiger partial charge in [-0.1, -0.05) is 6.42 Å². The van der Waals surface area contributed by atoms with Crippen LogP contribution in [0.25, 0.3) is 0 Å². The standard InChI is InChI=1S/C21H21F4N5O/c22-14-4-7-17(26-11-14)28-20(31)30-18-8-9-29(18)16-6-5-15(27-19(16)30)12-2-1-3-13(10-12)21(23,24)25/h4-7,11-13,18H,1-3,8-10H2,(H,26,28,31). The van der Waals surface area contributed by atoms with E-state index in [0.717, 1.165) is 24.8 Å². The highest BCUT2D eigenvalue weighted by atomic mass is 19.4. The number of pyridine rings is 2. The van der Waals surface area contributed by atoms with Crippen molar-refractivity contribution in [2.45, 2.75) is 50.4 Å². The fourth-order valence-electron chi connectivity index (χ4n) is 4.76. The van der Waals surface area contributed by atoms with Crippen LogP contribution in [0.3, 0.4) is 0 Å². The van der Waals surface area contributed by atoms with E-state index in [1.807, 2.05) is 11.0 Å². The largest absolute Gasteiger partial charge is 0.391 e. The zero-order valence-corrected chi connectivity index (χ0v) is 16.6. The SMILES string of the molecule is O=C(Nc1ccc(F)cn1)N1c2nc(C3CCCC(C(F)(F)F)C3)ccc2N2CCC21. The van der Waals surface area contributed by atoms with Gasteiger partial charge in [-0.05, 0) is 43.5 Å². The highest BCUT2D eigenvalue weighted by Gasteiger charge is 2.47. The van der Waals surface area contributed by atoms with Crippen LogP contribution in [0.1, 0.15) is 43.7 Å². The number of urea groups is 1. The summed E-state index contributed by atoms with van der Waals surface area (Å²) in [5.41, 5.74) is 1.39. The Labute approximate surface area is 176 Å². The van der Waals surface area contributed by atoms with Gasteiger partial charge in [0, 0.05) is 24.6 Å². The van der Waals surface area contributed by atoms with Crippen LogP contribution in [-0.4, -0.2) is 34.9 Å². The molecule has 1 aliphatic carbocycles. The molecule has 164 valence electrons. The highest BCUT2D eigenvalue weighted by Crippen LogP contribution is 2.47. The molecular weight excluding hydrogens is 414 g/mol. The Balaban J connectivity index is 1.41. The smallest absolute Gasteiger partial charge is 0.347 e. The van der Waals surface area contributed by atoms with Gasteiger partial charge < -0.3 is 4.90 Å². The number of fused-ring (bicyclic) bond motifs is 3. The Morgan fingerprint density at radius 1 is 1.13 bits per heavy atom. The number of aromatic nitrogens is 2. The summed E-state index contributed by atoms with van der Waals surface area (Å²) >= 11 is 0. The van der Waals surface area contributed by atoms with E-state index in [4.69, 9.17) is 0 Å². The molecule has 0 radical (unpaired) electrons. The van der Waals surface area contributed by atoms with Crippen LogP contribution in [-0.2, 0) is 0 Å². The Bertz CT molecular complexity index is 996. The van der Waals surface area contributed by atoms with Gasteiger partial charge in [0.1, 0.15) is 17.8 Å². The third-order valence-electron chi connectivity index (χ3n) is 6.44. The molecule has 5 rings (SSSR count). The molecule has 2 aromatic heterocycles. The summed E-state index contributed by atoms with van der Waals surface area (Å²) in [5.74, 6) is -1.45. The molecule has 0 spiro atoms. The van der Waals surface area contributed by atoms with Gasteiger partial charge in [-0.2, -0.15) is 13.2 Å². The van der Waals surface area contributed by atoms with Gasteiger partial charge in [-0.15, -0.1) is 0 Å². The zero-order chi connectivity index (χ0) is 21.8. The van der Waals surface area contributed by atoms with Crippen LogP contribution in [0.15, 0.2) is 30.5 Å². The average molecular weight is 435 g/mol. The van der Waals surface area contributed by atoms with Crippen molar-refractivity contribution in [3.8, 4) is 0 Å². The lowest BCUT2D eigenvalue weighted by Gasteiger charge is -2.39. The van der Waals surface area contributed by atoms with Gasteiger partial charge in [0.15, 0.2) is 5.82 Å². The van der Waals surface area contributed by atoms with Crippen molar-refractivity contribution in [2.24, 2.45) is 5.92 Å². The van der Waals surface area contributed by atoms with Crippen molar-refractivity contribution in [1.82, 2.24) is 9.97 Å². The lowest BCUT2D eigenvalue weighted by molar-refractivity contribution is -0.183. The van der Waals surface area contributed by atoms with Gasteiger partial charge in [0.2, 0.25) is 0 Å². The zero-order valence-electron chi connectivity index (χ0n) is 16.6. The minimum absolute atomic E-state index is 0.0219. The summed E-state index contributed by atoms with van der Waals surface area (Å²) in [4.78, 5) is 25.1. The first-order chi connectivity index (χ1) is 14.8. The molecule has 2 fully saturated rings. The summed E-state index contributed by atoms with van der Waals surface area (Å²) in [6.45, 7) is 0.775. The molecule has 6 nitrogen and oxygen atoms in total. The lowest BCUT2D eigenvalue weighted by atomic mass is 9.79. The maximum absolute atomic E-state index is 13.2. The molecule has 2 aromatic rings. The number of carbonyl (C=O) groups is 1. The summed E-state index contributed by atoms with van der Waals surface area (Å²) in [6, 6.07) is 5.76. The maximum Gasteiger partial charge on any atom is 0.391 e. The Hall–Kier alpha value is -2.91. The third-order valence-corrected chi connectivity index (χ3v) is 6.44. The van der Waals surface area contributed by atoms with Gasteiger partial charge in [-0.3, -0.25) is 10.2 Å². The average Bonchev–Trinajstić information content (AvgIpc) is 2.94. The number of halogens is 4. The number of amides is 2. The first kappa shape index (κ1) is 20.0. The molecule has 1 N–H and O–H groups in total. The van der Waals surface area contributed by atoms with Crippen molar-refractivity contribution >= 4 is 23.4 Å². The number of rotatable bonds is 2. The molecule has 3 aliphatic rings. The number of carbonyl (C=O) groups excluding carboxylic acids is 1. The Kier molecular flexibility index (Phi) is 4.75. The number of hydrogen-bond acceptors (Lipinski definition) is 4. The van der Waals surface area contributed by atoms with E-state index in [0.29, 0.717) is 24.4 Å². The van der Waals surface area contributed by atoms with E-state index in [2.05, 4.69) is 15.3 Å². The van der Waals surface area contributed by atoms with E-state index in [1.54, 1.807) is 6.07 Å². The summed E-state index contributed by atoms with van der Waals surface area (Å²) in [6.07, 6.45) is -1.29. The second-order valence-corrected chi connectivity index (χ2v) is 8.31. The number of nitrogens with one attached hydrogen (secondary N) is 1. The van der Waals surface area contributed by atoms with E-state index >= 15 is 0 Å². The number of alkyl halides is 3. The molecule has 4 heterocycles. The fourth-order valence-corrected chi connectivity index (χ4v) is 4.76. The summed E-state index contributed by atoms with van der Waals surface area (Å²) < 4.78 is 52.8. The quantitative estimate of drug-likeness (QED) is 0.672. The van der Waals surface area contributed by atoms with E-state index in [-0.39, 0.29) is 30.7 Å². The minimum atomic E-state index is -4.20. The first-order valence-corrected chi connectivity index (χ1v) is 10.4. The molecular formula is C21H21F4N5O. The molecule has 3 unspecified atom stereocenters. The topological polar surface area (TPSA) is 61.4 Å². The number of hydrogen-bond donors (Lipinski definition) is 1. The van der Waals surface area contributed by atoms with Crippen molar-refractivity contribution < 1.29 is 22.4 Å². The predicted molar refractivity (Wildman–Crippen MR) is 106 cm³/mol. The molecule has 1 saturated carbocycles. The fraction of sp³-hybridized carbons (Fsp3) is 0.476. The molecule has 2 aliphatic heterocycles. The second kappa shape index (κ2) is 7.35. The molecule has 10 heteroatoms. The van der Waals surface area contributed by atoms with E-state index in [1.165, 1.54) is 17.0 Å². The van der Waals surface area contributed by atoms with Crippen LogP contribution in [0.2, 0.25) is 0 Å². The van der Waals surface area contributed by atoms with Crippen molar-refractivity contribution in [2.75, 3.05) is 21.7 Å². The maximum atomic E-state index is 13.2. The lowest BCUT2D eigenvalue weighted by Crippen LogP contribution is -2.56. The van der Waals surface area contributed by atoms with Crippen molar-refractivity contribution in [1.29, 1.82) is 0 Å². The van der Waals surface area contributed by atoms with Crippen LogP contribution in [0, 0.1) is 11.7 Å². The Morgan fingerprint density at radius 3 is 2.65 bits per heavy atom. The third kappa shape index (κ3) is 3.57. The number of nitrogens with zero attached hydrogens (tertiary/aromatic N) is 4. The molecule has 0 aromatic carbocycles. The van der Waals surface area contributed by atoms with Crippen LogP contribution in [0.5, 0.6) is 0 Å². The normalized spacial score (nSPS) is 25.0. The molecule has 2 amide bonds. The van der Waals surface area contributed by atoms with E-state index < -0.39 is 23.9 Å². The Morgan fingerprint density at radius 2 is 1.97 bits per heavy atom. The monoisotopic (exact) mass is 435 g/mol. The van der Waals surface area contributed by atoms with E-state index in [9.17, 15) is 22.4 Å². The van der Waals surface area contributed by atoms with Gasteiger partial charge in [0.05, 0.1) is 17.8 Å². The number of anilines is 3. The van der Waals surface area contributed by atoms with Crippen LogP contribution < -0.4 is 15.1 Å². The van der Waals surface area contributed by atoms with Crippen LogP contribution >= 0.6 is 0 Å². The predicted octanol–water partition coefficient (Wildman–Crippen LogP) is 5.04. The minimum Gasteiger partial charge on any atom is -0.347 e. The highest BCUT2D eigenvalue weighted by molar-refractivity contribution is 6.05. The molecule has 0 bridgehead atoms. The molecule has 3 atom stereocenters. The first-order valence-electron chi connectivity index (χ1n) is 10.4. The molecule has 31 heavy (non-hydrogen) atoms. The molecule has 1 saturated heterocycles. The second-order valence-electron chi connectivity index (χ2n) is 8.31. The summed E-state index contributed by atoms with van der Waals surface area (Å²) in [5, 5.41) is 2.66. The van der Waals surface area contributed by atoms with Crippen molar-refractivity contribution in [3.05, 3.63) is 42.0 Å². The van der Waals surface area contributed by atoms with Gasteiger partial charge in [-0.25, -0.2) is 19.2 Å². The van der Waals surface area contributed by atoms with Crippen molar-refractivity contribution in [3.63, 3.8) is 0 Å².